The molecule has 0 spiro atoms. The molecule has 0 atom stereocenters. The number of piperazine rings is 1. The van der Waals surface area contributed by atoms with Crippen LogP contribution in [0.3, 0.4) is 0 Å². The molecule has 0 radical (unpaired) electrons. The zero-order valence-electron chi connectivity index (χ0n) is 13.4. The Hall–Kier alpha value is -1.30. The van der Waals surface area contributed by atoms with Gasteiger partial charge in [-0.3, -0.25) is 4.79 Å². The Morgan fingerprint density at radius 2 is 1.67 bits per heavy atom. The number of unbranched alkanes of at least 4 members (excludes halogenated alkanes) is 2. The van der Waals surface area contributed by atoms with Crippen molar-refractivity contribution in [3.05, 3.63) is 0 Å². The molecule has 0 unspecified atom stereocenters. The van der Waals surface area contributed by atoms with Crippen LogP contribution in [0.25, 0.3) is 0 Å². The van der Waals surface area contributed by atoms with Gasteiger partial charge < -0.3 is 19.9 Å². The second-order valence-electron chi connectivity index (χ2n) is 5.27. The maximum Gasteiger partial charge on any atom is 0.409 e. The van der Waals surface area contributed by atoms with Gasteiger partial charge in [0, 0.05) is 39.1 Å². The van der Waals surface area contributed by atoms with Gasteiger partial charge in [0.1, 0.15) is 0 Å². The number of nitrogens with one attached hydrogen (secondary N) is 1. The number of hydrogen-bond donors (Lipinski definition) is 1. The number of carbonyl (C=O) groups is 2. The van der Waals surface area contributed by atoms with Gasteiger partial charge in [0.2, 0.25) is 5.91 Å². The Morgan fingerprint density at radius 3 is 2.29 bits per heavy atom. The molecule has 1 N–H and O–H groups in total. The quantitative estimate of drug-likeness (QED) is 0.689. The Balaban J connectivity index is 2.13. The largest absolute Gasteiger partial charge is 0.450 e. The SMILES string of the molecule is CCCCCNCCC(=O)N1CCN(C(=O)OCC)CC1. The van der Waals surface area contributed by atoms with Crippen molar-refractivity contribution in [2.45, 2.75) is 39.5 Å². The van der Waals surface area contributed by atoms with Crippen LogP contribution in [0.4, 0.5) is 4.79 Å². The highest BCUT2D eigenvalue weighted by Crippen LogP contribution is 2.05. The monoisotopic (exact) mass is 299 g/mol. The number of ether oxygens (including phenoxy) is 1. The molecule has 1 fully saturated rings. The maximum absolute atomic E-state index is 12.0. The maximum atomic E-state index is 12.0. The molecule has 0 bridgehead atoms. The molecule has 6 heteroatoms. The van der Waals surface area contributed by atoms with E-state index in [-0.39, 0.29) is 12.0 Å². The summed E-state index contributed by atoms with van der Waals surface area (Å²) in [5.74, 6) is 0.168. The molecule has 1 aliphatic rings. The highest BCUT2D eigenvalue weighted by Gasteiger charge is 2.24. The lowest BCUT2D eigenvalue weighted by atomic mass is 10.2. The average Bonchev–Trinajstić information content (AvgIpc) is 2.51. The van der Waals surface area contributed by atoms with Crippen LogP contribution in [0.1, 0.15) is 39.5 Å². The third kappa shape index (κ3) is 6.80. The van der Waals surface area contributed by atoms with Crippen molar-refractivity contribution >= 4 is 12.0 Å². The van der Waals surface area contributed by atoms with Gasteiger partial charge in [-0.2, -0.15) is 0 Å². The molecule has 0 saturated carbocycles. The normalized spacial score (nSPS) is 15.1. The zero-order valence-corrected chi connectivity index (χ0v) is 13.4. The predicted molar refractivity (Wildman–Crippen MR) is 82.2 cm³/mol. The first kappa shape index (κ1) is 17.8. The number of hydrogen-bond acceptors (Lipinski definition) is 4. The van der Waals surface area contributed by atoms with Gasteiger partial charge >= 0.3 is 6.09 Å². The average molecular weight is 299 g/mol. The molecule has 1 heterocycles. The first-order chi connectivity index (χ1) is 10.2. The van der Waals surface area contributed by atoms with Crippen molar-refractivity contribution in [2.24, 2.45) is 0 Å². The minimum Gasteiger partial charge on any atom is -0.450 e. The lowest BCUT2D eigenvalue weighted by molar-refractivity contribution is -0.132. The van der Waals surface area contributed by atoms with Crippen LogP contribution in [-0.2, 0) is 9.53 Å². The summed E-state index contributed by atoms with van der Waals surface area (Å²) in [5.41, 5.74) is 0. The van der Waals surface area contributed by atoms with Crippen LogP contribution >= 0.6 is 0 Å². The number of rotatable bonds is 8. The summed E-state index contributed by atoms with van der Waals surface area (Å²) in [4.78, 5) is 27.1. The van der Waals surface area contributed by atoms with Gasteiger partial charge in [0.25, 0.3) is 0 Å². The van der Waals surface area contributed by atoms with Gasteiger partial charge in [-0.1, -0.05) is 19.8 Å². The van der Waals surface area contributed by atoms with E-state index in [1.807, 2.05) is 4.90 Å². The molecule has 21 heavy (non-hydrogen) atoms. The molecule has 0 aromatic rings. The second-order valence-corrected chi connectivity index (χ2v) is 5.27. The molecular formula is C15H29N3O3. The van der Waals surface area contributed by atoms with Gasteiger partial charge in [-0.05, 0) is 19.9 Å². The van der Waals surface area contributed by atoms with E-state index in [1.165, 1.54) is 19.3 Å². The minimum atomic E-state index is -0.276. The summed E-state index contributed by atoms with van der Waals surface area (Å²) in [5, 5.41) is 3.30. The Morgan fingerprint density at radius 1 is 1.00 bits per heavy atom. The first-order valence-electron chi connectivity index (χ1n) is 8.09. The van der Waals surface area contributed by atoms with E-state index in [2.05, 4.69) is 12.2 Å². The van der Waals surface area contributed by atoms with E-state index in [9.17, 15) is 9.59 Å². The summed E-state index contributed by atoms with van der Waals surface area (Å²) in [6.45, 7) is 8.43. The smallest absolute Gasteiger partial charge is 0.409 e. The number of nitrogens with zero attached hydrogens (tertiary/aromatic N) is 2. The van der Waals surface area contributed by atoms with Crippen LogP contribution in [0.5, 0.6) is 0 Å². The third-order valence-corrected chi connectivity index (χ3v) is 3.63. The second kappa shape index (κ2) is 10.4. The van der Waals surface area contributed by atoms with Crippen molar-refractivity contribution in [3.63, 3.8) is 0 Å². The zero-order chi connectivity index (χ0) is 15.5. The summed E-state index contributed by atoms with van der Waals surface area (Å²) < 4.78 is 4.96. The summed E-state index contributed by atoms with van der Waals surface area (Å²) in [6.07, 6.45) is 3.87. The fraction of sp³-hybridized carbons (Fsp3) is 0.867. The van der Waals surface area contributed by atoms with Crippen LogP contribution < -0.4 is 5.32 Å². The fourth-order valence-corrected chi connectivity index (χ4v) is 2.33. The van der Waals surface area contributed by atoms with E-state index in [0.29, 0.717) is 39.2 Å². The van der Waals surface area contributed by atoms with E-state index >= 15 is 0 Å². The van der Waals surface area contributed by atoms with Crippen molar-refractivity contribution in [1.82, 2.24) is 15.1 Å². The Labute approximate surface area is 127 Å². The summed E-state index contributed by atoms with van der Waals surface area (Å²) in [6, 6.07) is 0. The van der Waals surface area contributed by atoms with Gasteiger partial charge in [-0.15, -0.1) is 0 Å². The van der Waals surface area contributed by atoms with Gasteiger partial charge in [-0.25, -0.2) is 4.79 Å². The molecule has 1 saturated heterocycles. The molecule has 6 nitrogen and oxygen atoms in total. The lowest BCUT2D eigenvalue weighted by Gasteiger charge is -2.34. The topological polar surface area (TPSA) is 61.9 Å². The molecule has 122 valence electrons. The Kier molecular flexibility index (Phi) is 8.82. The van der Waals surface area contributed by atoms with Crippen LogP contribution in [0.2, 0.25) is 0 Å². The van der Waals surface area contributed by atoms with Gasteiger partial charge in [0.15, 0.2) is 0 Å². The molecule has 1 rings (SSSR count). The molecule has 0 aromatic carbocycles. The number of carbonyl (C=O) groups excluding carboxylic acids is 2. The van der Waals surface area contributed by atoms with E-state index in [4.69, 9.17) is 4.74 Å². The predicted octanol–water partition coefficient (Wildman–Crippen LogP) is 1.46. The summed E-state index contributed by atoms with van der Waals surface area (Å²) >= 11 is 0. The first-order valence-corrected chi connectivity index (χ1v) is 8.09. The Bertz CT molecular complexity index is 315. The van der Waals surface area contributed by atoms with E-state index in [1.54, 1.807) is 11.8 Å². The van der Waals surface area contributed by atoms with E-state index < -0.39 is 0 Å². The highest BCUT2D eigenvalue weighted by molar-refractivity contribution is 5.77. The van der Waals surface area contributed by atoms with Crippen molar-refractivity contribution < 1.29 is 14.3 Å². The van der Waals surface area contributed by atoms with Crippen molar-refractivity contribution in [2.75, 3.05) is 45.9 Å². The van der Waals surface area contributed by atoms with E-state index in [0.717, 1.165) is 13.1 Å². The van der Waals surface area contributed by atoms with Crippen LogP contribution in [0.15, 0.2) is 0 Å². The molecule has 1 aliphatic heterocycles. The third-order valence-electron chi connectivity index (χ3n) is 3.63. The molecule has 0 aliphatic carbocycles. The van der Waals surface area contributed by atoms with Gasteiger partial charge in [0.05, 0.1) is 6.61 Å². The highest BCUT2D eigenvalue weighted by atomic mass is 16.6. The molecular weight excluding hydrogens is 270 g/mol. The van der Waals surface area contributed by atoms with Crippen molar-refractivity contribution in [1.29, 1.82) is 0 Å². The number of amides is 2. The standard InChI is InChI=1S/C15H29N3O3/c1-3-5-6-8-16-9-7-14(19)17-10-12-18(13-11-17)15(20)21-4-2/h16H,3-13H2,1-2H3. The lowest BCUT2D eigenvalue weighted by Crippen LogP contribution is -2.51. The van der Waals surface area contributed by atoms with Crippen LogP contribution in [0, 0.1) is 0 Å². The molecule has 0 aromatic heterocycles. The fourth-order valence-electron chi connectivity index (χ4n) is 2.33. The molecule has 2 amide bonds. The van der Waals surface area contributed by atoms with Crippen LogP contribution in [-0.4, -0.2) is 67.7 Å². The summed E-state index contributed by atoms with van der Waals surface area (Å²) in [7, 11) is 0. The van der Waals surface area contributed by atoms with Crippen molar-refractivity contribution in [3.8, 4) is 0 Å². The minimum absolute atomic E-state index is 0.168.